The summed E-state index contributed by atoms with van der Waals surface area (Å²) in [6.45, 7) is 0.970. The van der Waals surface area contributed by atoms with Crippen LogP contribution in [-0.2, 0) is 11.2 Å². The van der Waals surface area contributed by atoms with Gasteiger partial charge in [0.25, 0.3) is 5.91 Å². The van der Waals surface area contributed by atoms with E-state index < -0.39 is 0 Å². The molecule has 0 saturated carbocycles. The molecule has 0 saturated heterocycles. The number of carbonyl (C=O) groups is 2. The van der Waals surface area contributed by atoms with Gasteiger partial charge in [-0.1, -0.05) is 30.3 Å². The fourth-order valence-corrected chi connectivity index (χ4v) is 2.83. The van der Waals surface area contributed by atoms with E-state index in [1.54, 1.807) is 30.1 Å². The van der Waals surface area contributed by atoms with Gasteiger partial charge in [0.05, 0.1) is 18.7 Å². The molecule has 0 radical (unpaired) electrons. The van der Waals surface area contributed by atoms with Crippen LogP contribution in [0.15, 0.2) is 48.5 Å². The largest absolute Gasteiger partial charge is 0.491 e. The molecule has 1 heterocycles. The van der Waals surface area contributed by atoms with Crippen LogP contribution in [-0.4, -0.2) is 32.0 Å². The van der Waals surface area contributed by atoms with Crippen LogP contribution in [0.3, 0.4) is 0 Å². The number of ether oxygens (including phenoxy) is 1. The molecule has 2 aromatic rings. The molecule has 3 rings (SSSR count). The summed E-state index contributed by atoms with van der Waals surface area (Å²) in [5.41, 5.74) is 2.43. The smallest absolute Gasteiger partial charge is 0.251 e. The normalized spacial score (nSPS) is 13.6. The Morgan fingerprint density at radius 2 is 2.00 bits per heavy atom. The molecule has 0 fully saturated rings. The van der Waals surface area contributed by atoms with E-state index >= 15 is 0 Å². The van der Waals surface area contributed by atoms with Crippen molar-refractivity contribution in [3.8, 4) is 5.75 Å². The summed E-state index contributed by atoms with van der Waals surface area (Å²) in [6.07, 6.45) is 2.14. The van der Waals surface area contributed by atoms with Gasteiger partial charge in [0, 0.05) is 19.2 Å². The minimum absolute atomic E-state index is 0.0147. The third kappa shape index (κ3) is 4.18. The van der Waals surface area contributed by atoms with Gasteiger partial charge in [-0.3, -0.25) is 9.59 Å². The van der Waals surface area contributed by atoms with Gasteiger partial charge in [-0.05, 0) is 36.6 Å². The number of hydrogen-bond acceptors (Lipinski definition) is 3. The lowest BCUT2D eigenvalue weighted by atomic mass is 10.1. The molecule has 0 unspecified atom stereocenters. The van der Waals surface area contributed by atoms with E-state index in [4.69, 9.17) is 4.74 Å². The van der Waals surface area contributed by atoms with Gasteiger partial charge in [-0.2, -0.15) is 0 Å². The van der Waals surface area contributed by atoms with Gasteiger partial charge in [-0.25, -0.2) is 0 Å². The van der Waals surface area contributed by atoms with Crippen molar-refractivity contribution in [3.05, 3.63) is 59.7 Å². The number of rotatable bonds is 5. The van der Waals surface area contributed by atoms with Gasteiger partial charge in [-0.15, -0.1) is 0 Å². The highest BCUT2D eigenvalue weighted by molar-refractivity contribution is 5.99. The number of benzene rings is 2. The van der Waals surface area contributed by atoms with E-state index in [2.05, 4.69) is 17.4 Å². The van der Waals surface area contributed by atoms with Crippen molar-refractivity contribution in [3.63, 3.8) is 0 Å². The number of hydrogen-bond donors (Lipinski definition) is 1. The van der Waals surface area contributed by atoms with Crippen LogP contribution < -0.4 is 15.0 Å². The van der Waals surface area contributed by atoms with Crippen LogP contribution in [0.25, 0.3) is 0 Å². The molecular weight excluding hydrogens is 316 g/mol. The van der Waals surface area contributed by atoms with Gasteiger partial charge in [0.2, 0.25) is 5.91 Å². The van der Waals surface area contributed by atoms with Gasteiger partial charge in [0.1, 0.15) is 5.75 Å². The number of carbonyl (C=O) groups excluding carboxylic acids is 2. The van der Waals surface area contributed by atoms with Gasteiger partial charge in [0.15, 0.2) is 0 Å². The quantitative estimate of drug-likeness (QED) is 0.853. The summed E-state index contributed by atoms with van der Waals surface area (Å²) in [7, 11) is 1.71. The molecule has 0 spiro atoms. The second-order valence-electron chi connectivity index (χ2n) is 6.08. The maximum absolute atomic E-state index is 12.4. The second-order valence-corrected chi connectivity index (χ2v) is 6.08. The first-order valence-electron chi connectivity index (χ1n) is 8.50. The fourth-order valence-electron chi connectivity index (χ4n) is 2.83. The third-order valence-corrected chi connectivity index (χ3v) is 4.30. The zero-order valence-electron chi connectivity index (χ0n) is 14.3. The molecular formula is C20H22N2O3. The summed E-state index contributed by atoms with van der Waals surface area (Å²) in [4.78, 5) is 25.9. The van der Waals surface area contributed by atoms with Crippen LogP contribution in [0.5, 0.6) is 5.75 Å². The first-order chi connectivity index (χ1) is 12.1. The van der Waals surface area contributed by atoms with Gasteiger partial charge >= 0.3 is 0 Å². The Hall–Kier alpha value is -2.82. The first kappa shape index (κ1) is 17.0. The number of nitrogens with zero attached hydrogens (tertiary/aromatic N) is 1. The molecule has 130 valence electrons. The number of amides is 2. The average molecular weight is 338 g/mol. The van der Waals surface area contributed by atoms with E-state index in [1.807, 2.05) is 18.2 Å². The highest BCUT2D eigenvalue weighted by Gasteiger charge is 2.21. The Balaban J connectivity index is 1.59. The summed E-state index contributed by atoms with van der Waals surface area (Å²) in [5, 5.41) is 2.93. The van der Waals surface area contributed by atoms with Crippen molar-refractivity contribution in [2.75, 3.05) is 25.1 Å². The highest BCUT2D eigenvalue weighted by Crippen LogP contribution is 2.31. The van der Waals surface area contributed by atoms with Crippen molar-refractivity contribution in [2.24, 2.45) is 0 Å². The van der Waals surface area contributed by atoms with Crippen LogP contribution in [0.2, 0.25) is 0 Å². The SMILES string of the molecule is CN1C(=O)CCOc2ccc(C(=O)NCCCc3ccccc3)cc21. The van der Waals surface area contributed by atoms with E-state index in [1.165, 1.54) is 5.56 Å². The minimum Gasteiger partial charge on any atom is -0.491 e. The molecule has 2 amide bonds. The summed E-state index contributed by atoms with van der Waals surface area (Å²) >= 11 is 0. The molecule has 1 aliphatic heterocycles. The number of aryl methyl sites for hydroxylation is 1. The molecule has 25 heavy (non-hydrogen) atoms. The van der Waals surface area contributed by atoms with Crippen molar-refractivity contribution in [1.82, 2.24) is 5.32 Å². The van der Waals surface area contributed by atoms with Crippen LogP contribution in [0.4, 0.5) is 5.69 Å². The topological polar surface area (TPSA) is 58.6 Å². The molecule has 5 heteroatoms. The molecule has 0 bridgehead atoms. The Labute approximate surface area is 147 Å². The summed E-state index contributed by atoms with van der Waals surface area (Å²) in [6, 6.07) is 15.4. The minimum atomic E-state index is -0.138. The molecule has 2 aromatic carbocycles. The zero-order chi connectivity index (χ0) is 17.6. The fraction of sp³-hybridized carbons (Fsp3) is 0.300. The van der Waals surface area contributed by atoms with Crippen LogP contribution >= 0.6 is 0 Å². The van der Waals surface area contributed by atoms with E-state index in [0.29, 0.717) is 36.6 Å². The first-order valence-corrected chi connectivity index (χ1v) is 8.50. The van der Waals surface area contributed by atoms with Crippen molar-refractivity contribution in [1.29, 1.82) is 0 Å². The maximum atomic E-state index is 12.4. The molecule has 0 atom stereocenters. The van der Waals surface area contributed by atoms with Crippen molar-refractivity contribution in [2.45, 2.75) is 19.3 Å². The maximum Gasteiger partial charge on any atom is 0.251 e. The second kappa shape index (κ2) is 7.83. The predicted octanol–water partition coefficient (Wildman–Crippen LogP) is 2.79. The average Bonchev–Trinajstić information content (AvgIpc) is 2.78. The lowest BCUT2D eigenvalue weighted by Gasteiger charge is -2.17. The molecule has 5 nitrogen and oxygen atoms in total. The van der Waals surface area contributed by atoms with E-state index in [-0.39, 0.29) is 11.8 Å². The summed E-state index contributed by atoms with van der Waals surface area (Å²) in [5.74, 6) is 0.481. The molecule has 1 aliphatic rings. The van der Waals surface area contributed by atoms with Gasteiger partial charge < -0.3 is 15.0 Å². The third-order valence-electron chi connectivity index (χ3n) is 4.30. The molecule has 0 aliphatic carbocycles. The van der Waals surface area contributed by atoms with Crippen molar-refractivity contribution < 1.29 is 14.3 Å². The van der Waals surface area contributed by atoms with Crippen LogP contribution in [0.1, 0.15) is 28.8 Å². The van der Waals surface area contributed by atoms with E-state index in [9.17, 15) is 9.59 Å². The monoisotopic (exact) mass is 338 g/mol. The number of fused-ring (bicyclic) bond motifs is 1. The highest BCUT2D eigenvalue weighted by atomic mass is 16.5. The predicted molar refractivity (Wildman–Crippen MR) is 97.1 cm³/mol. The Bertz CT molecular complexity index is 759. The Morgan fingerprint density at radius 1 is 1.20 bits per heavy atom. The zero-order valence-corrected chi connectivity index (χ0v) is 14.3. The number of anilines is 1. The van der Waals surface area contributed by atoms with Crippen molar-refractivity contribution >= 4 is 17.5 Å². The number of nitrogens with one attached hydrogen (secondary N) is 1. The molecule has 0 aromatic heterocycles. The summed E-state index contributed by atoms with van der Waals surface area (Å²) < 4.78 is 5.58. The van der Waals surface area contributed by atoms with E-state index in [0.717, 1.165) is 12.8 Å². The standard InChI is InChI=1S/C20H22N2O3/c1-22-17-14-16(9-10-18(17)25-13-11-19(22)23)20(24)21-12-5-8-15-6-3-2-4-7-15/h2-4,6-7,9-10,14H,5,8,11-13H2,1H3,(H,21,24). The van der Waals surface area contributed by atoms with Crippen LogP contribution in [0, 0.1) is 0 Å². The molecule has 1 N–H and O–H groups in total. The Morgan fingerprint density at radius 3 is 2.80 bits per heavy atom. The lowest BCUT2D eigenvalue weighted by Crippen LogP contribution is -2.27. The lowest BCUT2D eigenvalue weighted by molar-refractivity contribution is -0.118. The Kier molecular flexibility index (Phi) is 5.33.